The fraction of sp³-hybridized carbons (Fsp3) is 0.333. The molecular weight excluding hydrogens is 323 g/mol. The van der Waals surface area contributed by atoms with Crippen LogP contribution in [0.4, 0.5) is 30.7 Å². The van der Waals surface area contributed by atoms with Crippen LogP contribution in [0.3, 0.4) is 0 Å². The van der Waals surface area contributed by atoms with Crippen LogP contribution in [0.5, 0.6) is 5.75 Å². The fourth-order valence-corrected chi connectivity index (χ4v) is 1.91. The monoisotopic (exact) mass is 331 g/mol. The molecule has 2 rings (SSSR count). The number of nitrogens with zero attached hydrogens (tertiary/aromatic N) is 1. The summed E-state index contributed by atoms with van der Waals surface area (Å²) in [4.78, 5) is 0. The number of hydrogen-bond donors (Lipinski definition) is 0. The molecule has 0 radical (unpaired) electrons. The Morgan fingerprint density at radius 2 is 1.64 bits per heavy atom. The molecule has 0 N–H and O–H groups in total. The van der Waals surface area contributed by atoms with Crippen LogP contribution in [0, 0.1) is 5.82 Å². The first-order chi connectivity index (χ1) is 10.1. The Morgan fingerprint density at radius 1 is 0.955 bits per heavy atom. The number of alkyl halides is 6. The van der Waals surface area contributed by atoms with Gasteiger partial charge < -0.3 is 9.30 Å². The van der Waals surface area contributed by atoms with E-state index in [0.29, 0.717) is 0 Å². The highest BCUT2D eigenvalue weighted by molar-refractivity contribution is 5.87. The molecule has 0 saturated carbocycles. The average molecular weight is 331 g/mol. The van der Waals surface area contributed by atoms with Crippen LogP contribution >= 0.6 is 0 Å². The lowest BCUT2D eigenvalue weighted by Gasteiger charge is -2.12. The van der Waals surface area contributed by atoms with E-state index in [1.807, 2.05) is 0 Å². The van der Waals surface area contributed by atoms with Gasteiger partial charge in [-0.3, -0.25) is 4.74 Å². The Hall–Kier alpha value is -1.97. The van der Waals surface area contributed by atoms with Gasteiger partial charge in [0.25, 0.3) is 0 Å². The number of halogens is 7. The predicted octanol–water partition coefficient (Wildman–Crippen LogP) is 4.22. The van der Waals surface area contributed by atoms with Crippen molar-refractivity contribution in [2.75, 3.05) is 6.61 Å². The summed E-state index contributed by atoms with van der Waals surface area (Å²) in [5, 5.41) is -0.204. The lowest BCUT2D eigenvalue weighted by atomic mass is 10.2. The molecule has 1 aromatic carbocycles. The molecule has 0 bridgehead atoms. The molecule has 0 fully saturated rings. The van der Waals surface area contributed by atoms with Crippen LogP contribution in [0.1, 0.15) is 0 Å². The van der Waals surface area contributed by atoms with Crippen LogP contribution in [0.15, 0.2) is 24.4 Å². The van der Waals surface area contributed by atoms with E-state index in [9.17, 15) is 30.7 Å². The summed E-state index contributed by atoms with van der Waals surface area (Å²) in [5.41, 5.74) is -0.299. The second-order valence-corrected chi connectivity index (χ2v) is 4.16. The van der Waals surface area contributed by atoms with Crippen molar-refractivity contribution < 1.29 is 40.2 Å². The van der Waals surface area contributed by atoms with Gasteiger partial charge in [-0.15, -0.1) is 26.3 Å². The van der Waals surface area contributed by atoms with Gasteiger partial charge in [0, 0.05) is 18.1 Å². The van der Waals surface area contributed by atoms with Crippen molar-refractivity contribution >= 4 is 10.9 Å². The van der Waals surface area contributed by atoms with E-state index < -0.39 is 37.4 Å². The molecule has 22 heavy (non-hydrogen) atoms. The van der Waals surface area contributed by atoms with Crippen LogP contribution in [0.25, 0.3) is 10.9 Å². The number of rotatable bonds is 4. The summed E-state index contributed by atoms with van der Waals surface area (Å²) < 4.78 is 94.4. The average Bonchev–Trinajstić information content (AvgIpc) is 2.75. The molecule has 1 aromatic heterocycles. The maximum absolute atomic E-state index is 13.7. The highest BCUT2D eigenvalue weighted by Crippen LogP contribution is 2.32. The molecule has 0 saturated heterocycles. The van der Waals surface area contributed by atoms with Gasteiger partial charge in [-0.05, 0) is 18.2 Å². The van der Waals surface area contributed by atoms with Gasteiger partial charge in [0.1, 0.15) is 11.6 Å². The second kappa shape index (κ2) is 5.67. The molecule has 10 heteroatoms. The van der Waals surface area contributed by atoms with E-state index in [-0.39, 0.29) is 10.9 Å². The maximum Gasteiger partial charge on any atom is 0.573 e. The first kappa shape index (κ1) is 16.4. The lowest BCUT2D eigenvalue weighted by molar-refractivity contribution is -0.325. The topological polar surface area (TPSA) is 23.4 Å². The SMILES string of the molecule is Fc1ccc(OC(F)(F)F)c2ccn(CCOC(F)(F)F)c12. The lowest BCUT2D eigenvalue weighted by Crippen LogP contribution is -2.18. The minimum atomic E-state index is -4.97. The van der Waals surface area contributed by atoms with Crippen molar-refractivity contribution in [2.24, 2.45) is 0 Å². The normalized spacial score (nSPS) is 12.9. The third-order valence-electron chi connectivity index (χ3n) is 2.66. The summed E-state index contributed by atoms with van der Waals surface area (Å²) in [6.07, 6.45) is -8.66. The third kappa shape index (κ3) is 4.03. The quantitative estimate of drug-likeness (QED) is 0.784. The van der Waals surface area contributed by atoms with E-state index >= 15 is 0 Å². The van der Waals surface area contributed by atoms with Crippen molar-refractivity contribution in [1.82, 2.24) is 4.57 Å². The third-order valence-corrected chi connectivity index (χ3v) is 2.66. The highest BCUT2D eigenvalue weighted by Gasteiger charge is 2.32. The van der Waals surface area contributed by atoms with E-state index in [2.05, 4.69) is 9.47 Å². The summed E-state index contributed by atoms with van der Waals surface area (Å²) in [5.74, 6) is -1.53. The second-order valence-electron chi connectivity index (χ2n) is 4.16. The smallest absolute Gasteiger partial charge is 0.405 e. The minimum Gasteiger partial charge on any atom is -0.405 e. The van der Waals surface area contributed by atoms with Crippen LogP contribution in [0.2, 0.25) is 0 Å². The van der Waals surface area contributed by atoms with Gasteiger partial charge in [0.2, 0.25) is 0 Å². The van der Waals surface area contributed by atoms with E-state index in [0.717, 1.165) is 29.0 Å². The van der Waals surface area contributed by atoms with Crippen molar-refractivity contribution in [3.05, 3.63) is 30.2 Å². The van der Waals surface area contributed by atoms with E-state index in [1.54, 1.807) is 0 Å². The highest BCUT2D eigenvalue weighted by atomic mass is 19.4. The zero-order valence-electron chi connectivity index (χ0n) is 10.6. The molecule has 1 heterocycles. The Labute approximate surface area is 118 Å². The Bertz CT molecular complexity index is 660. The Kier molecular flexibility index (Phi) is 4.23. The van der Waals surface area contributed by atoms with Crippen molar-refractivity contribution in [3.63, 3.8) is 0 Å². The van der Waals surface area contributed by atoms with Gasteiger partial charge in [0.15, 0.2) is 0 Å². The van der Waals surface area contributed by atoms with E-state index in [1.165, 1.54) is 0 Å². The van der Waals surface area contributed by atoms with Gasteiger partial charge >= 0.3 is 12.7 Å². The Morgan fingerprint density at radius 3 is 2.23 bits per heavy atom. The first-order valence-electron chi connectivity index (χ1n) is 5.80. The molecule has 0 unspecified atom stereocenters. The zero-order valence-corrected chi connectivity index (χ0v) is 10.6. The number of benzene rings is 1. The number of ether oxygens (including phenoxy) is 2. The van der Waals surface area contributed by atoms with Crippen LogP contribution in [-0.2, 0) is 11.3 Å². The van der Waals surface area contributed by atoms with Gasteiger partial charge in [-0.25, -0.2) is 4.39 Å². The summed E-state index contributed by atoms with van der Waals surface area (Å²) >= 11 is 0. The zero-order chi connectivity index (χ0) is 16.5. The molecule has 0 amide bonds. The molecule has 0 aliphatic carbocycles. The number of hydrogen-bond acceptors (Lipinski definition) is 2. The molecule has 3 nitrogen and oxygen atoms in total. The molecule has 0 atom stereocenters. The molecular formula is C12H8F7NO2. The minimum absolute atomic E-state index is 0.204. The number of aromatic nitrogens is 1. The van der Waals surface area contributed by atoms with Gasteiger partial charge in [-0.1, -0.05) is 0 Å². The van der Waals surface area contributed by atoms with E-state index in [4.69, 9.17) is 0 Å². The van der Waals surface area contributed by atoms with Gasteiger partial charge in [0.05, 0.1) is 12.1 Å². The van der Waals surface area contributed by atoms with Crippen molar-refractivity contribution in [3.8, 4) is 5.75 Å². The summed E-state index contributed by atoms with van der Waals surface area (Å²) in [7, 11) is 0. The number of fused-ring (bicyclic) bond motifs is 1. The maximum atomic E-state index is 13.7. The van der Waals surface area contributed by atoms with Gasteiger partial charge in [-0.2, -0.15) is 0 Å². The van der Waals surface area contributed by atoms with Crippen LogP contribution < -0.4 is 4.74 Å². The van der Waals surface area contributed by atoms with Crippen molar-refractivity contribution in [2.45, 2.75) is 19.3 Å². The molecule has 122 valence electrons. The molecule has 0 aliphatic heterocycles. The van der Waals surface area contributed by atoms with Crippen LogP contribution in [-0.4, -0.2) is 23.9 Å². The van der Waals surface area contributed by atoms with Crippen molar-refractivity contribution in [1.29, 1.82) is 0 Å². The summed E-state index contributed by atoms with van der Waals surface area (Å²) in [6.45, 7) is -1.20. The molecule has 0 aliphatic rings. The Balaban J connectivity index is 2.28. The largest absolute Gasteiger partial charge is 0.573 e. The molecule has 2 aromatic rings. The first-order valence-corrected chi connectivity index (χ1v) is 5.80. The standard InChI is InChI=1S/C12H8F7NO2/c13-8-1-2-9(22-12(17,18)19)7-3-4-20(10(7)8)5-6-21-11(14,15)16/h1-4H,5-6H2. The fourth-order valence-electron chi connectivity index (χ4n) is 1.91. The summed E-state index contributed by atoms with van der Waals surface area (Å²) in [6, 6.07) is 2.65. The molecule has 0 spiro atoms. The predicted molar refractivity (Wildman–Crippen MR) is 60.6 cm³/mol.